The molecule has 0 aromatic carbocycles. The Morgan fingerprint density at radius 2 is 2.10 bits per heavy atom. The Labute approximate surface area is 62.6 Å². The molecule has 2 N–H and O–H groups in total. The molecule has 2 nitrogen and oxygen atoms in total. The van der Waals surface area contributed by atoms with Gasteiger partial charge in [-0.25, -0.2) is 0 Å². The number of hydrogen-bond acceptors (Lipinski definition) is 2. The van der Waals surface area contributed by atoms with Gasteiger partial charge in [0.15, 0.2) is 0 Å². The molecular weight excluding hydrogens is 126 g/mol. The smallest absolute Gasteiger partial charge is 0.0584 e. The van der Waals surface area contributed by atoms with Crippen molar-refractivity contribution in [2.75, 3.05) is 6.61 Å². The molecule has 0 radical (unpaired) electrons. The van der Waals surface area contributed by atoms with E-state index in [2.05, 4.69) is 12.2 Å². The van der Waals surface area contributed by atoms with Gasteiger partial charge in [0.1, 0.15) is 0 Å². The van der Waals surface area contributed by atoms with Crippen LogP contribution in [-0.4, -0.2) is 23.8 Å². The monoisotopic (exact) mass is 143 g/mol. The van der Waals surface area contributed by atoms with Crippen molar-refractivity contribution in [1.82, 2.24) is 5.32 Å². The Morgan fingerprint density at radius 1 is 1.40 bits per heavy atom. The van der Waals surface area contributed by atoms with Gasteiger partial charge in [-0.2, -0.15) is 0 Å². The average molecular weight is 143 g/mol. The van der Waals surface area contributed by atoms with Gasteiger partial charge in [-0.3, -0.25) is 0 Å². The summed E-state index contributed by atoms with van der Waals surface area (Å²) in [6.45, 7) is 2.51. The van der Waals surface area contributed by atoms with Crippen molar-refractivity contribution >= 4 is 0 Å². The van der Waals surface area contributed by atoms with Gasteiger partial charge in [0, 0.05) is 12.1 Å². The van der Waals surface area contributed by atoms with Crippen molar-refractivity contribution in [2.45, 2.75) is 44.7 Å². The van der Waals surface area contributed by atoms with E-state index in [1.807, 2.05) is 0 Å². The first-order valence-electron chi connectivity index (χ1n) is 4.23. The minimum absolute atomic E-state index is 0.306. The third-order valence-electron chi connectivity index (χ3n) is 2.19. The lowest BCUT2D eigenvalue weighted by Crippen LogP contribution is -2.31. The molecule has 0 spiro atoms. The Kier molecular flexibility index (Phi) is 3.16. The van der Waals surface area contributed by atoms with Gasteiger partial charge >= 0.3 is 0 Å². The van der Waals surface area contributed by atoms with Crippen LogP contribution >= 0.6 is 0 Å². The molecule has 0 aliphatic carbocycles. The molecule has 2 atom stereocenters. The summed E-state index contributed by atoms with van der Waals surface area (Å²) in [5.41, 5.74) is 0. The largest absolute Gasteiger partial charge is 0.395 e. The lowest BCUT2D eigenvalue weighted by atomic mass is 10.1. The quantitative estimate of drug-likeness (QED) is 0.615. The topological polar surface area (TPSA) is 32.3 Å². The van der Waals surface area contributed by atoms with E-state index in [0.29, 0.717) is 18.7 Å². The van der Waals surface area contributed by atoms with Crippen molar-refractivity contribution < 1.29 is 5.11 Å². The maximum atomic E-state index is 8.79. The molecule has 1 rings (SSSR count). The predicted octanol–water partition coefficient (Wildman–Crippen LogP) is 0.899. The van der Waals surface area contributed by atoms with Crippen LogP contribution < -0.4 is 5.32 Å². The van der Waals surface area contributed by atoms with Crippen LogP contribution in [0.4, 0.5) is 0 Å². The summed E-state index contributed by atoms with van der Waals surface area (Å²) in [5.74, 6) is 0. The van der Waals surface area contributed by atoms with Crippen LogP contribution in [0.5, 0.6) is 0 Å². The molecule has 60 valence electrons. The van der Waals surface area contributed by atoms with E-state index >= 15 is 0 Å². The van der Waals surface area contributed by atoms with Crippen LogP contribution in [0, 0.1) is 0 Å². The third kappa shape index (κ3) is 1.96. The van der Waals surface area contributed by atoms with Crippen LogP contribution in [0.1, 0.15) is 32.6 Å². The number of nitrogens with one attached hydrogen (secondary N) is 1. The summed E-state index contributed by atoms with van der Waals surface area (Å²) in [4.78, 5) is 0. The molecule has 0 bridgehead atoms. The summed E-state index contributed by atoms with van der Waals surface area (Å²) in [6.07, 6.45) is 4.91. The van der Waals surface area contributed by atoms with Crippen LogP contribution in [0.3, 0.4) is 0 Å². The van der Waals surface area contributed by atoms with E-state index < -0.39 is 0 Å². The van der Waals surface area contributed by atoms with Gasteiger partial charge < -0.3 is 10.4 Å². The van der Waals surface area contributed by atoms with Gasteiger partial charge in [-0.15, -0.1) is 0 Å². The fourth-order valence-corrected chi connectivity index (χ4v) is 1.62. The summed E-state index contributed by atoms with van der Waals surface area (Å²) in [6, 6.07) is 1.07. The van der Waals surface area contributed by atoms with E-state index in [9.17, 15) is 0 Å². The fourth-order valence-electron chi connectivity index (χ4n) is 1.62. The SMILES string of the molecule is CCC[C@@H]1CC[C@@H](CO)N1. The Balaban J connectivity index is 2.15. The molecule has 0 aromatic rings. The second-order valence-electron chi connectivity index (χ2n) is 3.11. The van der Waals surface area contributed by atoms with E-state index in [4.69, 9.17) is 5.11 Å². The molecule has 2 heteroatoms. The van der Waals surface area contributed by atoms with Crippen LogP contribution in [0.25, 0.3) is 0 Å². The highest BCUT2D eigenvalue weighted by molar-refractivity contribution is 4.82. The molecule has 1 saturated heterocycles. The Hall–Kier alpha value is -0.0800. The number of aliphatic hydroxyl groups excluding tert-OH is 1. The molecule has 1 aliphatic heterocycles. The second kappa shape index (κ2) is 3.94. The molecular formula is C8H17NO. The maximum absolute atomic E-state index is 8.79. The van der Waals surface area contributed by atoms with Gasteiger partial charge in [0.05, 0.1) is 6.61 Å². The fraction of sp³-hybridized carbons (Fsp3) is 1.00. The summed E-state index contributed by atoms with van der Waals surface area (Å²) in [7, 11) is 0. The van der Waals surface area contributed by atoms with Gasteiger partial charge in [0.25, 0.3) is 0 Å². The molecule has 0 amide bonds. The van der Waals surface area contributed by atoms with E-state index in [0.717, 1.165) is 6.42 Å². The molecule has 0 saturated carbocycles. The average Bonchev–Trinajstić information content (AvgIpc) is 2.37. The number of hydrogen-bond donors (Lipinski definition) is 2. The number of rotatable bonds is 3. The first kappa shape index (κ1) is 8.02. The Bertz CT molecular complexity index is 95.3. The highest BCUT2D eigenvalue weighted by atomic mass is 16.3. The standard InChI is InChI=1S/C8H17NO/c1-2-3-7-4-5-8(6-10)9-7/h7-10H,2-6H2,1H3/t7-,8+/m1/s1. The van der Waals surface area contributed by atoms with Gasteiger partial charge in [0.2, 0.25) is 0 Å². The molecule has 1 heterocycles. The van der Waals surface area contributed by atoms with Crippen LogP contribution in [-0.2, 0) is 0 Å². The summed E-state index contributed by atoms with van der Waals surface area (Å²) < 4.78 is 0. The minimum atomic E-state index is 0.306. The minimum Gasteiger partial charge on any atom is -0.395 e. The van der Waals surface area contributed by atoms with E-state index in [1.54, 1.807) is 0 Å². The first-order valence-corrected chi connectivity index (χ1v) is 4.23. The van der Waals surface area contributed by atoms with Crippen molar-refractivity contribution in [3.05, 3.63) is 0 Å². The Morgan fingerprint density at radius 3 is 2.60 bits per heavy atom. The zero-order valence-corrected chi connectivity index (χ0v) is 6.64. The zero-order chi connectivity index (χ0) is 7.40. The van der Waals surface area contributed by atoms with Crippen molar-refractivity contribution in [3.63, 3.8) is 0 Å². The summed E-state index contributed by atoms with van der Waals surface area (Å²) >= 11 is 0. The van der Waals surface area contributed by atoms with Gasteiger partial charge in [-0.1, -0.05) is 13.3 Å². The normalized spacial score (nSPS) is 33.0. The summed E-state index contributed by atoms with van der Waals surface area (Å²) in [5, 5.41) is 12.2. The lowest BCUT2D eigenvalue weighted by Gasteiger charge is -2.10. The van der Waals surface area contributed by atoms with Gasteiger partial charge in [-0.05, 0) is 19.3 Å². The van der Waals surface area contributed by atoms with Crippen molar-refractivity contribution in [2.24, 2.45) is 0 Å². The van der Waals surface area contributed by atoms with Crippen LogP contribution in [0.2, 0.25) is 0 Å². The molecule has 0 unspecified atom stereocenters. The lowest BCUT2D eigenvalue weighted by molar-refractivity contribution is 0.251. The molecule has 1 aliphatic rings. The third-order valence-corrected chi connectivity index (χ3v) is 2.19. The highest BCUT2D eigenvalue weighted by Gasteiger charge is 2.21. The maximum Gasteiger partial charge on any atom is 0.0584 e. The van der Waals surface area contributed by atoms with Crippen molar-refractivity contribution in [3.8, 4) is 0 Å². The first-order chi connectivity index (χ1) is 4.86. The number of aliphatic hydroxyl groups is 1. The van der Waals surface area contributed by atoms with Crippen molar-refractivity contribution in [1.29, 1.82) is 0 Å². The molecule has 1 fully saturated rings. The molecule has 0 aromatic heterocycles. The van der Waals surface area contributed by atoms with Crippen LogP contribution in [0.15, 0.2) is 0 Å². The zero-order valence-electron chi connectivity index (χ0n) is 6.64. The molecule has 10 heavy (non-hydrogen) atoms. The predicted molar refractivity (Wildman–Crippen MR) is 41.9 cm³/mol. The second-order valence-corrected chi connectivity index (χ2v) is 3.11. The van der Waals surface area contributed by atoms with E-state index in [1.165, 1.54) is 19.3 Å². The highest BCUT2D eigenvalue weighted by Crippen LogP contribution is 2.15. The van der Waals surface area contributed by atoms with E-state index in [-0.39, 0.29) is 0 Å².